The highest BCUT2D eigenvalue weighted by atomic mass is 35.5. The van der Waals surface area contributed by atoms with Gasteiger partial charge in [0.15, 0.2) is 11.5 Å². The number of rotatable bonds is 3. The highest BCUT2D eigenvalue weighted by Crippen LogP contribution is 2.48. The van der Waals surface area contributed by atoms with Gasteiger partial charge in [-0.05, 0) is 42.7 Å². The molecule has 0 atom stereocenters. The van der Waals surface area contributed by atoms with Gasteiger partial charge < -0.3 is 14.8 Å². The summed E-state index contributed by atoms with van der Waals surface area (Å²) in [7, 11) is 0. The molecule has 0 saturated heterocycles. The Balaban J connectivity index is 1.61. The maximum Gasteiger partial charge on any atom is 0.256 e. The molecule has 1 amide bonds. The molecule has 24 heavy (non-hydrogen) atoms. The molecule has 2 aromatic carbocycles. The molecule has 0 radical (unpaired) electrons. The zero-order valence-corrected chi connectivity index (χ0v) is 13.5. The zero-order chi connectivity index (χ0) is 16.7. The number of carbonyl (C=O) groups excluding carboxylic acids is 1. The summed E-state index contributed by atoms with van der Waals surface area (Å²) >= 11 is 5.98. The Morgan fingerprint density at radius 1 is 1.12 bits per heavy atom. The Morgan fingerprint density at radius 2 is 1.88 bits per heavy atom. The van der Waals surface area contributed by atoms with Crippen LogP contribution >= 0.6 is 11.6 Å². The number of halogens is 2. The topological polar surface area (TPSA) is 47.6 Å². The number of ether oxygens (including phenoxy) is 2. The molecule has 4 nitrogen and oxygen atoms in total. The van der Waals surface area contributed by atoms with E-state index in [1.165, 1.54) is 18.2 Å². The molecule has 2 aliphatic rings. The van der Waals surface area contributed by atoms with E-state index in [0.29, 0.717) is 24.7 Å². The minimum atomic E-state index is -0.627. The molecule has 6 heteroatoms. The van der Waals surface area contributed by atoms with Gasteiger partial charge in [0.1, 0.15) is 19.0 Å². The summed E-state index contributed by atoms with van der Waals surface area (Å²) in [6, 6.07) is 9.83. The summed E-state index contributed by atoms with van der Waals surface area (Å²) in [6.45, 7) is 1.03. The van der Waals surface area contributed by atoms with Crippen LogP contribution in [-0.2, 0) is 5.54 Å². The van der Waals surface area contributed by atoms with Crippen LogP contribution in [0.1, 0.15) is 28.8 Å². The molecule has 1 N–H and O–H groups in total. The highest BCUT2D eigenvalue weighted by Gasteiger charge is 2.46. The largest absolute Gasteiger partial charge is 0.486 e. The van der Waals surface area contributed by atoms with Crippen LogP contribution in [0, 0.1) is 5.82 Å². The van der Waals surface area contributed by atoms with Crippen molar-refractivity contribution in [2.24, 2.45) is 0 Å². The Morgan fingerprint density at radius 3 is 2.58 bits per heavy atom. The van der Waals surface area contributed by atoms with Crippen molar-refractivity contribution in [2.75, 3.05) is 13.2 Å². The van der Waals surface area contributed by atoms with Crippen molar-refractivity contribution < 1.29 is 18.7 Å². The monoisotopic (exact) mass is 347 g/mol. The molecule has 1 fully saturated rings. The number of nitrogens with one attached hydrogen (secondary N) is 1. The van der Waals surface area contributed by atoms with E-state index in [2.05, 4.69) is 5.32 Å². The van der Waals surface area contributed by atoms with Gasteiger partial charge in [0.25, 0.3) is 5.91 Å². The van der Waals surface area contributed by atoms with Crippen LogP contribution in [0.5, 0.6) is 11.5 Å². The molecule has 0 spiro atoms. The van der Waals surface area contributed by atoms with Crippen LogP contribution in [0.15, 0.2) is 36.4 Å². The maximum absolute atomic E-state index is 13.9. The number of hydrogen-bond donors (Lipinski definition) is 1. The number of amides is 1. The third kappa shape index (κ3) is 2.59. The molecule has 0 aromatic heterocycles. The molecule has 0 bridgehead atoms. The van der Waals surface area contributed by atoms with Crippen molar-refractivity contribution in [3.8, 4) is 11.5 Å². The Kier molecular flexibility index (Phi) is 3.61. The van der Waals surface area contributed by atoms with E-state index < -0.39 is 17.3 Å². The first kappa shape index (κ1) is 15.3. The Hall–Kier alpha value is -2.27. The average Bonchev–Trinajstić information content (AvgIpc) is 3.35. The van der Waals surface area contributed by atoms with Crippen LogP contribution in [0.3, 0.4) is 0 Å². The quantitative estimate of drug-likeness (QED) is 0.921. The van der Waals surface area contributed by atoms with Gasteiger partial charge in [-0.25, -0.2) is 4.39 Å². The lowest BCUT2D eigenvalue weighted by atomic mass is 10.0. The predicted octanol–water partition coefficient (Wildman–Crippen LogP) is 3.67. The summed E-state index contributed by atoms with van der Waals surface area (Å²) < 4.78 is 25.1. The molecule has 1 saturated carbocycles. The van der Waals surface area contributed by atoms with Gasteiger partial charge >= 0.3 is 0 Å². The second-order valence-corrected chi connectivity index (χ2v) is 6.40. The second-order valence-electron chi connectivity index (χ2n) is 5.99. The maximum atomic E-state index is 13.9. The lowest BCUT2D eigenvalue weighted by molar-refractivity contribution is 0.0926. The standard InChI is InChI=1S/C18H15ClFNO3/c19-12-2-1-3-13(20)16(12)17(22)21-18(6-7-18)11-4-5-14-15(10-11)24-9-8-23-14/h1-5,10H,6-9H2,(H,21,22). The van der Waals surface area contributed by atoms with Crippen molar-refractivity contribution in [1.82, 2.24) is 5.32 Å². The van der Waals surface area contributed by atoms with Crippen LogP contribution in [0.4, 0.5) is 4.39 Å². The smallest absolute Gasteiger partial charge is 0.256 e. The summed E-state index contributed by atoms with van der Waals surface area (Å²) in [5, 5.41) is 3.03. The third-order valence-corrected chi connectivity index (χ3v) is 4.70. The van der Waals surface area contributed by atoms with Crippen LogP contribution in [-0.4, -0.2) is 19.1 Å². The van der Waals surface area contributed by atoms with Gasteiger partial charge in [0, 0.05) is 0 Å². The van der Waals surface area contributed by atoms with E-state index in [9.17, 15) is 9.18 Å². The van der Waals surface area contributed by atoms with Gasteiger partial charge in [-0.15, -0.1) is 0 Å². The molecule has 1 aliphatic heterocycles. The average molecular weight is 348 g/mol. The van der Waals surface area contributed by atoms with E-state index in [1.807, 2.05) is 18.2 Å². The molecule has 2 aromatic rings. The minimum Gasteiger partial charge on any atom is -0.486 e. The summed E-state index contributed by atoms with van der Waals surface area (Å²) in [5.74, 6) is 0.232. The van der Waals surface area contributed by atoms with Crippen molar-refractivity contribution in [2.45, 2.75) is 18.4 Å². The van der Waals surface area contributed by atoms with Crippen LogP contribution in [0.25, 0.3) is 0 Å². The van der Waals surface area contributed by atoms with E-state index in [0.717, 1.165) is 18.4 Å². The van der Waals surface area contributed by atoms with Gasteiger partial charge in [-0.3, -0.25) is 4.79 Å². The Labute approximate surface area is 143 Å². The first-order chi connectivity index (χ1) is 11.6. The normalized spacial score (nSPS) is 17.2. The first-order valence-electron chi connectivity index (χ1n) is 7.76. The van der Waals surface area contributed by atoms with Gasteiger partial charge in [0.05, 0.1) is 16.1 Å². The number of benzene rings is 2. The molecule has 124 valence electrons. The van der Waals surface area contributed by atoms with Crippen molar-refractivity contribution in [3.05, 3.63) is 58.4 Å². The van der Waals surface area contributed by atoms with E-state index >= 15 is 0 Å². The SMILES string of the molecule is O=C(NC1(c2ccc3c(c2)OCCO3)CC1)c1c(F)cccc1Cl. The molecule has 1 aliphatic carbocycles. The minimum absolute atomic E-state index is 0.102. The highest BCUT2D eigenvalue weighted by molar-refractivity contribution is 6.33. The number of hydrogen-bond acceptors (Lipinski definition) is 3. The molecule has 1 heterocycles. The predicted molar refractivity (Wildman–Crippen MR) is 87.2 cm³/mol. The number of carbonyl (C=O) groups is 1. The fourth-order valence-electron chi connectivity index (χ4n) is 2.95. The van der Waals surface area contributed by atoms with Gasteiger partial charge in [-0.1, -0.05) is 23.7 Å². The van der Waals surface area contributed by atoms with Crippen molar-refractivity contribution in [3.63, 3.8) is 0 Å². The summed E-state index contributed by atoms with van der Waals surface area (Å²) in [4.78, 5) is 12.5. The van der Waals surface area contributed by atoms with Crippen molar-refractivity contribution >= 4 is 17.5 Å². The summed E-state index contributed by atoms with van der Waals surface area (Å²) in [5.41, 5.74) is 0.300. The third-order valence-electron chi connectivity index (χ3n) is 4.39. The molecular weight excluding hydrogens is 333 g/mol. The number of fused-ring (bicyclic) bond motifs is 1. The first-order valence-corrected chi connectivity index (χ1v) is 8.13. The van der Waals surface area contributed by atoms with Crippen molar-refractivity contribution in [1.29, 1.82) is 0 Å². The zero-order valence-electron chi connectivity index (χ0n) is 12.8. The molecular formula is C18H15ClFNO3. The van der Waals surface area contributed by atoms with Crippen LogP contribution in [0.2, 0.25) is 5.02 Å². The summed E-state index contributed by atoms with van der Waals surface area (Å²) in [6.07, 6.45) is 1.56. The fourth-order valence-corrected chi connectivity index (χ4v) is 3.20. The fraction of sp³-hybridized carbons (Fsp3) is 0.278. The van der Waals surface area contributed by atoms with Crippen LogP contribution < -0.4 is 14.8 Å². The molecule has 4 rings (SSSR count). The van der Waals surface area contributed by atoms with Gasteiger partial charge in [0.2, 0.25) is 0 Å². The van der Waals surface area contributed by atoms with E-state index in [-0.39, 0.29) is 10.6 Å². The van der Waals surface area contributed by atoms with E-state index in [1.54, 1.807) is 0 Å². The molecule has 0 unspecified atom stereocenters. The second kappa shape index (κ2) is 5.67. The van der Waals surface area contributed by atoms with E-state index in [4.69, 9.17) is 21.1 Å². The van der Waals surface area contributed by atoms with Gasteiger partial charge in [-0.2, -0.15) is 0 Å². The lowest BCUT2D eigenvalue weighted by Crippen LogP contribution is -2.35. The lowest BCUT2D eigenvalue weighted by Gasteiger charge is -2.23. The Bertz CT molecular complexity index is 800.